The highest BCUT2D eigenvalue weighted by Gasteiger charge is 2.30. The summed E-state index contributed by atoms with van der Waals surface area (Å²) in [6, 6.07) is 2.32. The smallest absolute Gasteiger partial charge is 0.222 e. The summed E-state index contributed by atoms with van der Waals surface area (Å²) in [6.07, 6.45) is 3.61. The van der Waals surface area contributed by atoms with E-state index in [0.29, 0.717) is 19.1 Å². The Balaban J connectivity index is 2.33. The number of nitrogens with zero attached hydrogens (tertiary/aromatic N) is 2. The molecular formula is C14H22N4O. The first-order valence-electron chi connectivity index (χ1n) is 6.75. The minimum absolute atomic E-state index is 0.0934. The molecule has 0 bridgehead atoms. The van der Waals surface area contributed by atoms with Crippen molar-refractivity contribution in [3.63, 3.8) is 0 Å². The van der Waals surface area contributed by atoms with Crippen LogP contribution in [0.1, 0.15) is 30.9 Å². The fourth-order valence-corrected chi connectivity index (χ4v) is 2.71. The summed E-state index contributed by atoms with van der Waals surface area (Å²) in [5, 5.41) is 0. The summed E-state index contributed by atoms with van der Waals surface area (Å²) in [4.78, 5) is 18.1. The maximum Gasteiger partial charge on any atom is 0.222 e. The summed E-state index contributed by atoms with van der Waals surface area (Å²) >= 11 is 0. The monoisotopic (exact) mass is 262 g/mol. The molecule has 0 aromatic carbocycles. The molecular weight excluding hydrogens is 240 g/mol. The molecule has 104 valence electrons. The van der Waals surface area contributed by atoms with Crippen LogP contribution in [0, 0.1) is 12.8 Å². The first kappa shape index (κ1) is 13.8. The normalized spacial score (nSPS) is 23.4. The number of pyridine rings is 1. The predicted octanol–water partition coefficient (Wildman–Crippen LogP) is 0.939. The maximum atomic E-state index is 11.4. The van der Waals surface area contributed by atoms with Crippen LogP contribution >= 0.6 is 0 Å². The van der Waals surface area contributed by atoms with E-state index in [0.717, 1.165) is 29.8 Å². The largest absolute Gasteiger partial charge is 0.369 e. The van der Waals surface area contributed by atoms with Crippen LogP contribution < -0.4 is 16.4 Å². The molecule has 19 heavy (non-hydrogen) atoms. The molecule has 4 N–H and O–H groups in total. The Kier molecular flexibility index (Phi) is 4.04. The Bertz CT molecular complexity index is 475. The van der Waals surface area contributed by atoms with Crippen molar-refractivity contribution < 1.29 is 4.79 Å². The van der Waals surface area contributed by atoms with Gasteiger partial charge in [-0.1, -0.05) is 0 Å². The van der Waals surface area contributed by atoms with E-state index in [-0.39, 0.29) is 11.8 Å². The van der Waals surface area contributed by atoms with Crippen molar-refractivity contribution in [2.75, 3.05) is 11.4 Å². The van der Waals surface area contributed by atoms with Gasteiger partial charge in [0.25, 0.3) is 0 Å². The van der Waals surface area contributed by atoms with Crippen LogP contribution in [0.2, 0.25) is 0 Å². The van der Waals surface area contributed by atoms with Gasteiger partial charge in [-0.25, -0.2) is 4.98 Å². The molecule has 1 saturated heterocycles. The number of hydrogen-bond donors (Lipinski definition) is 2. The molecule has 2 unspecified atom stereocenters. The average Bonchev–Trinajstić information content (AvgIpc) is 2.38. The Hall–Kier alpha value is -1.62. The summed E-state index contributed by atoms with van der Waals surface area (Å²) in [5.74, 6) is 0.587. The molecule has 2 heterocycles. The number of primary amides is 1. The van der Waals surface area contributed by atoms with Gasteiger partial charge in [0, 0.05) is 30.9 Å². The van der Waals surface area contributed by atoms with Crippen LogP contribution in [0.25, 0.3) is 0 Å². The zero-order chi connectivity index (χ0) is 14.0. The Labute approximate surface area is 114 Å². The van der Waals surface area contributed by atoms with Crippen LogP contribution in [0.4, 0.5) is 5.82 Å². The van der Waals surface area contributed by atoms with Crippen molar-refractivity contribution in [1.82, 2.24) is 4.98 Å². The van der Waals surface area contributed by atoms with E-state index in [1.165, 1.54) is 0 Å². The fraction of sp³-hybridized carbons (Fsp3) is 0.571. The second-order valence-corrected chi connectivity index (χ2v) is 5.31. The van der Waals surface area contributed by atoms with Crippen molar-refractivity contribution in [2.24, 2.45) is 17.4 Å². The van der Waals surface area contributed by atoms with Crippen molar-refractivity contribution in [3.05, 3.63) is 23.4 Å². The van der Waals surface area contributed by atoms with E-state index in [4.69, 9.17) is 11.5 Å². The number of nitrogens with two attached hydrogens (primary N) is 2. The first-order chi connectivity index (χ1) is 9.04. The molecule has 1 aromatic rings. The van der Waals surface area contributed by atoms with Crippen LogP contribution in [-0.2, 0) is 11.3 Å². The molecule has 0 spiro atoms. The third-order valence-corrected chi connectivity index (χ3v) is 4.03. The zero-order valence-corrected chi connectivity index (χ0v) is 11.6. The number of aryl methyl sites for hydroxylation is 1. The Morgan fingerprint density at radius 2 is 2.26 bits per heavy atom. The highest BCUT2D eigenvalue weighted by Crippen LogP contribution is 2.29. The van der Waals surface area contributed by atoms with Gasteiger partial charge in [0.1, 0.15) is 5.82 Å². The number of carbonyl (C=O) groups excluding carboxylic acids is 1. The van der Waals surface area contributed by atoms with Crippen molar-refractivity contribution in [3.8, 4) is 0 Å². The third kappa shape index (κ3) is 2.71. The van der Waals surface area contributed by atoms with Gasteiger partial charge in [-0.05, 0) is 38.3 Å². The minimum atomic E-state index is -0.223. The average molecular weight is 262 g/mol. The summed E-state index contributed by atoms with van der Waals surface area (Å²) in [5.41, 5.74) is 13.5. The molecule has 5 nitrogen and oxygen atoms in total. The highest BCUT2D eigenvalue weighted by molar-refractivity contribution is 5.77. The topological polar surface area (TPSA) is 85.2 Å². The van der Waals surface area contributed by atoms with Gasteiger partial charge in [0.15, 0.2) is 0 Å². The van der Waals surface area contributed by atoms with Gasteiger partial charge in [0.2, 0.25) is 5.91 Å². The highest BCUT2D eigenvalue weighted by atomic mass is 16.1. The number of piperidine rings is 1. The number of anilines is 1. The third-order valence-electron chi connectivity index (χ3n) is 4.03. The number of hydrogen-bond acceptors (Lipinski definition) is 4. The first-order valence-corrected chi connectivity index (χ1v) is 6.75. The molecule has 1 aliphatic heterocycles. The molecule has 2 atom stereocenters. The van der Waals surface area contributed by atoms with Gasteiger partial charge in [0.05, 0.1) is 5.92 Å². The van der Waals surface area contributed by atoms with Gasteiger partial charge < -0.3 is 16.4 Å². The maximum absolute atomic E-state index is 11.4. The summed E-state index contributed by atoms with van der Waals surface area (Å²) < 4.78 is 0. The summed E-state index contributed by atoms with van der Waals surface area (Å²) in [7, 11) is 0. The fourth-order valence-electron chi connectivity index (χ4n) is 2.71. The molecule has 1 amide bonds. The van der Waals surface area contributed by atoms with E-state index < -0.39 is 0 Å². The lowest BCUT2D eigenvalue weighted by atomic mass is 9.92. The van der Waals surface area contributed by atoms with Crippen molar-refractivity contribution >= 4 is 11.7 Å². The molecule has 5 heteroatoms. The molecule has 0 saturated carbocycles. The second kappa shape index (κ2) is 5.57. The number of aromatic nitrogens is 1. The zero-order valence-electron chi connectivity index (χ0n) is 11.6. The lowest BCUT2D eigenvalue weighted by molar-refractivity contribution is -0.122. The van der Waals surface area contributed by atoms with E-state index in [1.807, 2.05) is 13.0 Å². The lowest BCUT2D eigenvalue weighted by Gasteiger charge is -2.38. The van der Waals surface area contributed by atoms with Gasteiger partial charge in [-0.15, -0.1) is 0 Å². The molecule has 0 aliphatic carbocycles. The lowest BCUT2D eigenvalue weighted by Crippen LogP contribution is -2.46. The SMILES string of the molecule is Cc1ccnc(N2CC(C(N)=O)CCC2C)c1CN. The van der Waals surface area contributed by atoms with Crippen LogP contribution in [-0.4, -0.2) is 23.5 Å². The van der Waals surface area contributed by atoms with Crippen LogP contribution in [0.15, 0.2) is 12.3 Å². The molecule has 2 rings (SSSR count). The van der Waals surface area contributed by atoms with E-state index in [2.05, 4.69) is 16.8 Å². The van der Waals surface area contributed by atoms with Gasteiger partial charge >= 0.3 is 0 Å². The number of rotatable bonds is 3. The van der Waals surface area contributed by atoms with Gasteiger partial charge in [-0.2, -0.15) is 0 Å². The van der Waals surface area contributed by atoms with Crippen LogP contribution in [0.3, 0.4) is 0 Å². The van der Waals surface area contributed by atoms with E-state index in [9.17, 15) is 4.79 Å². The van der Waals surface area contributed by atoms with Crippen molar-refractivity contribution in [1.29, 1.82) is 0 Å². The number of carbonyl (C=O) groups is 1. The standard InChI is InChI=1S/C14H22N4O/c1-9-5-6-17-14(12(9)7-15)18-8-11(13(16)19)4-3-10(18)2/h5-6,10-11H,3-4,7-8,15H2,1-2H3,(H2,16,19). The molecule has 1 aliphatic rings. The molecule has 0 radical (unpaired) electrons. The second-order valence-electron chi connectivity index (χ2n) is 5.31. The van der Waals surface area contributed by atoms with E-state index >= 15 is 0 Å². The van der Waals surface area contributed by atoms with Gasteiger partial charge in [-0.3, -0.25) is 4.79 Å². The van der Waals surface area contributed by atoms with Crippen molar-refractivity contribution in [2.45, 2.75) is 39.3 Å². The predicted molar refractivity (Wildman–Crippen MR) is 75.6 cm³/mol. The summed E-state index contributed by atoms with van der Waals surface area (Å²) in [6.45, 7) is 5.29. The quantitative estimate of drug-likeness (QED) is 0.849. The molecule has 1 aromatic heterocycles. The van der Waals surface area contributed by atoms with Crippen LogP contribution in [0.5, 0.6) is 0 Å². The Morgan fingerprint density at radius 1 is 1.53 bits per heavy atom. The Morgan fingerprint density at radius 3 is 2.89 bits per heavy atom. The minimum Gasteiger partial charge on any atom is -0.369 e. The molecule has 1 fully saturated rings. The number of amides is 1. The van der Waals surface area contributed by atoms with E-state index in [1.54, 1.807) is 6.20 Å².